The zero-order valence-electron chi connectivity index (χ0n) is 10.8. The van der Waals surface area contributed by atoms with Crippen LogP contribution in [0.15, 0.2) is 12.2 Å². The second kappa shape index (κ2) is 8.70. The van der Waals surface area contributed by atoms with Gasteiger partial charge >= 0.3 is 0 Å². The second-order valence-electron chi connectivity index (χ2n) is 4.44. The number of methoxy groups -OCH3 is 1. The summed E-state index contributed by atoms with van der Waals surface area (Å²) in [5.41, 5.74) is 6.71. The lowest BCUT2D eigenvalue weighted by molar-refractivity contribution is 0.134. The Labute approximate surface area is 99.2 Å². The van der Waals surface area contributed by atoms with E-state index in [9.17, 15) is 0 Å². The molecule has 0 heterocycles. The largest absolute Gasteiger partial charge is 0.385 e. The Morgan fingerprint density at radius 1 is 1.44 bits per heavy atom. The molecule has 96 valence electrons. The van der Waals surface area contributed by atoms with Crippen LogP contribution >= 0.6 is 0 Å². The molecule has 0 amide bonds. The summed E-state index contributed by atoms with van der Waals surface area (Å²) in [5.74, 6) is 0. The van der Waals surface area contributed by atoms with E-state index in [1.54, 1.807) is 7.11 Å². The summed E-state index contributed by atoms with van der Waals surface area (Å²) < 4.78 is 10.5. The number of hydrogen-bond donors (Lipinski definition) is 2. The van der Waals surface area contributed by atoms with Crippen molar-refractivity contribution in [3.63, 3.8) is 0 Å². The lowest BCUT2D eigenvalue weighted by atomic mass is 9.98. The van der Waals surface area contributed by atoms with Crippen molar-refractivity contribution in [1.29, 1.82) is 0 Å². The first-order valence-corrected chi connectivity index (χ1v) is 5.70. The van der Waals surface area contributed by atoms with Gasteiger partial charge in [-0.05, 0) is 20.3 Å². The van der Waals surface area contributed by atoms with Crippen LogP contribution < -0.4 is 11.1 Å². The van der Waals surface area contributed by atoms with E-state index in [0.29, 0.717) is 26.4 Å². The number of nitrogens with two attached hydrogens (primary N) is 1. The zero-order chi connectivity index (χ0) is 12.4. The molecule has 16 heavy (non-hydrogen) atoms. The summed E-state index contributed by atoms with van der Waals surface area (Å²) in [4.78, 5) is 0. The standard InChI is InChI=1S/C12H26N2O2/c1-11(2)9-16-8-6-14-12(3,10-13)5-7-15-4/h14H,1,5-10,13H2,2-4H3. The van der Waals surface area contributed by atoms with Gasteiger partial charge in [-0.2, -0.15) is 0 Å². The van der Waals surface area contributed by atoms with E-state index < -0.39 is 0 Å². The summed E-state index contributed by atoms with van der Waals surface area (Å²) >= 11 is 0. The Morgan fingerprint density at radius 3 is 2.62 bits per heavy atom. The van der Waals surface area contributed by atoms with E-state index in [4.69, 9.17) is 15.2 Å². The van der Waals surface area contributed by atoms with Gasteiger partial charge in [0.15, 0.2) is 0 Å². The number of nitrogens with one attached hydrogen (secondary N) is 1. The van der Waals surface area contributed by atoms with Gasteiger partial charge in [-0.15, -0.1) is 0 Å². The van der Waals surface area contributed by atoms with Crippen LogP contribution in [0.3, 0.4) is 0 Å². The van der Waals surface area contributed by atoms with Gasteiger partial charge in [0.25, 0.3) is 0 Å². The first-order chi connectivity index (χ1) is 7.54. The number of rotatable bonds is 10. The lowest BCUT2D eigenvalue weighted by Gasteiger charge is -2.29. The van der Waals surface area contributed by atoms with Crippen molar-refractivity contribution in [3.8, 4) is 0 Å². The van der Waals surface area contributed by atoms with Crippen molar-refractivity contribution >= 4 is 0 Å². The summed E-state index contributed by atoms with van der Waals surface area (Å²) in [6.45, 7) is 11.2. The van der Waals surface area contributed by atoms with Crippen molar-refractivity contribution in [3.05, 3.63) is 12.2 Å². The number of ether oxygens (including phenoxy) is 2. The van der Waals surface area contributed by atoms with Gasteiger partial charge in [-0.25, -0.2) is 0 Å². The molecule has 0 aliphatic heterocycles. The fraction of sp³-hybridized carbons (Fsp3) is 0.833. The van der Waals surface area contributed by atoms with Gasteiger partial charge in [0.1, 0.15) is 0 Å². The van der Waals surface area contributed by atoms with E-state index in [2.05, 4.69) is 18.8 Å². The molecule has 0 aliphatic rings. The summed E-state index contributed by atoms with van der Waals surface area (Å²) in [5, 5.41) is 3.39. The van der Waals surface area contributed by atoms with Gasteiger partial charge in [0.2, 0.25) is 0 Å². The molecule has 3 N–H and O–H groups in total. The highest BCUT2D eigenvalue weighted by molar-refractivity contribution is 4.87. The average Bonchev–Trinajstić information content (AvgIpc) is 2.25. The maximum Gasteiger partial charge on any atom is 0.0672 e. The Morgan fingerprint density at radius 2 is 2.12 bits per heavy atom. The maximum absolute atomic E-state index is 5.74. The second-order valence-corrected chi connectivity index (χ2v) is 4.44. The first-order valence-electron chi connectivity index (χ1n) is 5.70. The molecule has 0 bridgehead atoms. The van der Waals surface area contributed by atoms with Crippen molar-refractivity contribution in [2.24, 2.45) is 5.73 Å². The maximum atomic E-state index is 5.74. The normalized spacial score (nSPS) is 14.8. The fourth-order valence-corrected chi connectivity index (χ4v) is 1.26. The molecular formula is C12H26N2O2. The zero-order valence-corrected chi connectivity index (χ0v) is 10.8. The molecule has 1 unspecified atom stereocenters. The topological polar surface area (TPSA) is 56.5 Å². The van der Waals surface area contributed by atoms with Crippen molar-refractivity contribution in [2.75, 3.05) is 40.0 Å². The van der Waals surface area contributed by atoms with Crippen LogP contribution in [0.5, 0.6) is 0 Å². The SMILES string of the molecule is C=C(C)COCCNC(C)(CN)CCOC. The highest BCUT2D eigenvalue weighted by Gasteiger charge is 2.20. The highest BCUT2D eigenvalue weighted by Crippen LogP contribution is 2.07. The van der Waals surface area contributed by atoms with Crippen LogP contribution in [0.4, 0.5) is 0 Å². The molecule has 0 aromatic heterocycles. The van der Waals surface area contributed by atoms with Crippen LogP contribution in [0, 0.1) is 0 Å². The van der Waals surface area contributed by atoms with Crippen LogP contribution in [-0.2, 0) is 9.47 Å². The van der Waals surface area contributed by atoms with Gasteiger partial charge < -0.3 is 20.5 Å². The van der Waals surface area contributed by atoms with Crippen molar-refractivity contribution < 1.29 is 9.47 Å². The molecule has 0 fully saturated rings. The minimum atomic E-state index is -0.0669. The van der Waals surface area contributed by atoms with Crippen molar-refractivity contribution in [2.45, 2.75) is 25.8 Å². The molecule has 0 aromatic rings. The summed E-state index contributed by atoms with van der Waals surface area (Å²) in [6, 6.07) is 0. The quantitative estimate of drug-likeness (QED) is 0.433. The molecule has 0 spiro atoms. The van der Waals surface area contributed by atoms with E-state index in [1.165, 1.54) is 0 Å². The lowest BCUT2D eigenvalue weighted by Crippen LogP contribution is -2.50. The van der Waals surface area contributed by atoms with Gasteiger partial charge in [-0.1, -0.05) is 12.2 Å². The molecule has 0 rings (SSSR count). The van der Waals surface area contributed by atoms with Crippen LogP contribution in [-0.4, -0.2) is 45.6 Å². The van der Waals surface area contributed by atoms with Crippen LogP contribution in [0.1, 0.15) is 20.3 Å². The molecule has 0 aliphatic carbocycles. The molecule has 4 nitrogen and oxygen atoms in total. The number of hydrogen-bond acceptors (Lipinski definition) is 4. The van der Waals surface area contributed by atoms with Crippen molar-refractivity contribution in [1.82, 2.24) is 5.32 Å². The minimum absolute atomic E-state index is 0.0669. The Bertz CT molecular complexity index is 197. The Kier molecular flexibility index (Phi) is 8.47. The first kappa shape index (κ1) is 15.6. The molecule has 0 saturated carbocycles. The summed E-state index contributed by atoms with van der Waals surface area (Å²) in [6.07, 6.45) is 0.903. The molecule has 4 heteroatoms. The fourth-order valence-electron chi connectivity index (χ4n) is 1.26. The van der Waals surface area contributed by atoms with E-state index >= 15 is 0 Å². The predicted octanol–water partition coefficient (Wildman–Crippen LogP) is 0.923. The van der Waals surface area contributed by atoms with E-state index in [1.807, 2.05) is 6.92 Å². The molecule has 0 saturated heterocycles. The molecule has 0 radical (unpaired) electrons. The average molecular weight is 230 g/mol. The Hall–Kier alpha value is -0.420. The summed E-state index contributed by atoms with van der Waals surface area (Å²) in [7, 11) is 1.70. The highest BCUT2D eigenvalue weighted by atomic mass is 16.5. The Balaban J connectivity index is 3.64. The third-order valence-electron chi connectivity index (χ3n) is 2.46. The monoisotopic (exact) mass is 230 g/mol. The molecule has 1 atom stereocenters. The third-order valence-corrected chi connectivity index (χ3v) is 2.46. The van der Waals surface area contributed by atoms with Gasteiger partial charge in [0, 0.05) is 32.3 Å². The van der Waals surface area contributed by atoms with Gasteiger partial charge in [0.05, 0.1) is 13.2 Å². The predicted molar refractivity (Wildman–Crippen MR) is 67.6 cm³/mol. The molecule has 0 aromatic carbocycles. The van der Waals surface area contributed by atoms with E-state index in [-0.39, 0.29) is 5.54 Å². The third kappa shape index (κ3) is 7.82. The van der Waals surface area contributed by atoms with Crippen LogP contribution in [0.2, 0.25) is 0 Å². The van der Waals surface area contributed by atoms with Crippen LogP contribution in [0.25, 0.3) is 0 Å². The van der Waals surface area contributed by atoms with Gasteiger partial charge in [-0.3, -0.25) is 0 Å². The van der Waals surface area contributed by atoms with E-state index in [0.717, 1.165) is 18.5 Å². The smallest absolute Gasteiger partial charge is 0.0672 e. The minimum Gasteiger partial charge on any atom is -0.385 e. The molecular weight excluding hydrogens is 204 g/mol.